The van der Waals surface area contributed by atoms with Crippen molar-refractivity contribution in [1.29, 1.82) is 5.26 Å². The summed E-state index contributed by atoms with van der Waals surface area (Å²) in [6, 6.07) is 6.66. The van der Waals surface area contributed by atoms with Gasteiger partial charge in [-0.25, -0.2) is 9.78 Å². The van der Waals surface area contributed by atoms with Crippen LogP contribution in [0.15, 0.2) is 23.0 Å². The number of amides is 1. The highest BCUT2D eigenvalue weighted by Gasteiger charge is 2.54. The summed E-state index contributed by atoms with van der Waals surface area (Å²) in [7, 11) is 3.22. The third kappa shape index (κ3) is 3.61. The molecule has 3 rings (SSSR count). The molecule has 1 aliphatic heterocycles. The summed E-state index contributed by atoms with van der Waals surface area (Å²) in [6.45, 7) is 8.65. The van der Waals surface area contributed by atoms with Gasteiger partial charge < -0.3 is 19.3 Å². The van der Waals surface area contributed by atoms with E-state index >= 15 is 0 Å². The minimum Gasteiger partial charge on any atom is -0.465 e. The van der Waals surface area contributed by atoms with Crippen LogP contribution in [0.3, 0.4) is 0 Å². The van der Waals surface area contributed by atoms with E-state index in [0.717, 1.165) is 0 Å². The lowest BCUT2D eigenvalue weighted by molar-refractivity contribution is -0.0594. The number of nitrogens with zero attached hydrogens (tertiary/aromatic N) is 5. The van der Waals surface area contributed by atoms with Gasteiger partial charge in [-0.3, -0.25) is 9.69 Å². The number of aromatic nitrogens is 2. The van der Waals surface area contributed by atoms with Gasteiger partial charge in [-0.05, 0) is 24.5 Å². The molecule has 31 heavy (non-hydrogen) atoms. The van der Waals surface area contributed by atoms with E-state index in [0.29, 0.717) is 23.3 Å². The topological polar surface area (TPSA) is 112 Å². The number of nitriles is 1. The highest BCUT2D eigenvalue weighted by molar-refractivity contribution is 5.89. The van der Waals surface area contributed by atoms with Crippen LogP contribution < -0.4 is 10.5 Å². The van der Waals surface area contributed by atoms with Crippen LogP contribution in [0.5, 0.6) is 0 Å². The van der Waals surface area contributed by atoms with Gasteiger partial charge in [-0.15, -0.1) is 0 Å². The van der Waals surface area contributed by atoms with Crippen LogP contribution in [0.4, 0.5) is 10.5 Å². The van der Waals surface area contributed by atoms with E-state index < -0.39 is 17.0 Å². The molecule has 3 heterocycles. The summed E-state index contributed by atoms with van der Waals surface area (Å²) in [5, 5.41) is 19.4. The number of piperazine rings is 1. The third-order valence-electron chi connectivity index (χ3n) is 6.43. The van der Waals surface area contributed by atoms with Gasteiger partial charge >= 0.3 is 6.09 Å². The van der Waals surface area contributed by atoms with Crippen LogP contribution >= 0.6 is 0 Å². The first-order valence-electron chi connectivity index (χ1n) is 10.1. The van der Waals surface area contributed by atoms with Gasteiger partial charge in [-0.2, -0.15) is 5.26 Å². The molecule has 0 aliphatic carbocycles. The number of hydrogen-bond acceptors (Lipinski definition) is 6. The van der Waals surface area contributed by atoms with Crippen LogP contribution in [0.25, 0.3) is 11.0 Å². The lowest BCUT2D eigenvalue weighted by Gasteiger charge is -2.58. The minimum absolute atomic E-state index is 0.199. The zero-order valence-electron chi connectivity index (χ0n) is 18.8. The first-order chi connectivity index (χ1) is 14.5. The predicted octanol–water partition coefficient (Wildman–Crippen LogP) is 2.42. The van der Waals surface area contributed by atoms with Crippen molar-refractivity contribution >= 4 is 22.8 Å². The summed E-state index contributed by atoms with van der Waals surface area (Å²) in [6.07, 6.45) is -1.00. The van der Waals surface area contributed by atoms with Crippen LogP contribution in [0.2, 0.25) is 0 Å². The summed E-state index contributed by atoms with van der Waals surface area (Å²) < 4.78 is 7.02. The van der Waals surface area contributed by atoms with Crippen molar-refractivity contribution in [3.05, 3.63) is 34.2 Å². The lowest BCUT2D eigenvalue weighted by Crippen LogP contribution is -2.73. The molecular formula is C22H29N5O4. The van der Waals surface area contributed by atoms with Crippen LogP contribution in [-0.2, 0) is 11.8 Å². The summed E-state index contributed by atoms with van der Waals surface area (Å²) >= 11 is 0. The maximum Gasteiger partial charge on any atom is 0.407 e. The molecule has 2 atom stereocenters. The molecule has 0 bridgehead atoms. The summed E-state index contributed by atoms with van der Waals surface area (Å²) in [5.41, 5.74) is 0.482. The summed E-state index contributed by atoms with van der Waals surface area (Å²) in [5.74, 6) is 0. The Morgan fingerprint density at radius 2 is 2.10 bits per heavy atom. The van der Waals surface area contributed by atoms with E-state index in [1.54, 1.807) is 26.3 Å². The number of aryl methyl sites for hydroxylation is 1. The number of ether oxygens (including phenoxy) is 1. The Morgan fingerprint density at radius 1 is 1.42 bits per heavy atom. The molecule has 0 unspecified atom stereocenters. The van der Waals surface area contributed by atoms with Gasteiger partial charge in [0, 0.05) is 39.4 Å². The number of carbonyl (C=O) groups is 1. The Morgan fingerprint density at radius 3 is 2.65 bits per heavy atom. The van der Waals surface area contributed by atoms with Crippen LogP contribution in [0, 0.1) is 16.7 Å². The number of anilines is 1. The van der Waals surface area contributed by atoms with Gasteiger partial charge in [0.25, 0.3) is 5.56 Å². The largest absolute Gasteiger partial charge is 0.465 e. The number of pyridine rings is 2. The number of rotatable bonds is 3. The fourth-order valence-corrected chi connectivity index (χ4v) is 4.46. The van der Waals surface area contributed by atoms with Crippen molar-refractivity contribution in [2.24, 2.45) is 12.5 Å². The standard InChI is InChI=1S/C22H29N5O4/c1-14-11-27(20(29)30)22(13-31-6,21(2,3)4)12-26(14)17-9-18(28)25(5)16-8-7-15(10-23)24-19(16)17/h7-9,14H,11-13H2,1-6H3,(H,29,30)/t14-,22-/m0/s1. The monoisotopic (exact) mass is 427 g/mol. The lowest BCUT2D eigenvalue weighted by atomic mass is 9.70. The van der Waals surface area contributed by atoms with Gasteiger partial charge in [-0.1, -0.05) is 20.8 Å². The van der Waals surface area contributed by atoms with Crippen molar-refractivity contribution in [2.75, 3.05) is 31.7 Å². The molecule has 1 saturated heterocycles. The Bertz CT molecular complexity index is 1110. The smallest absolute Gasteiger partial charge is 0.407 e. The van der Waals surface area contributed by atoms with Crippen molar-refractivity contribution in [2.45, 2.75) is 39.3 Å². The second-order valence-electron chi connectivity index (χ2n) is 9.19. The van der Waals surface area contributed by atoms with E-state index in [-0.39, 0.29) is 30.4 Å². The molecule has 9 heteroatoms. The highest BCUT2D eigenvalue weighted by atomic mass is 16.5. The predicted molar refractivity (Wildman–Crippen MR) is 117 cm³/mol. The zero-order valence-corrected chi connectivity index (χ0v) is 18.8. The molecular weight excluding hydrogens is 398 g/mol. The molecule has 2 aromatic heterocycles. The number of fused-ring (bicyclic) bond motifs is 1. The summed E-state index contributed by atoms with van der Waals surface area (Å²) in [4.78, 5) is 32.9. The average Bonchev–Trinajstić information content (AvgIpc) is 2.70. The van der Waals surface area contributed by atoms with Crippen molar-refractivity contribution < 1.29 is 14.6 Å². The second-order valence-corrected chi connectivity index (χ2v) is 9.19. The average molecular weight is 428 g/mol. The molecule has 166 valence electrons. The fourth-order valence-electron chi connectivity index (χ4n) is 4.46. The molecule has 1 N–H and O–H groups in total. The third-order valence-corrected chi connectivity index (χ3v) is 6.43. The number of methoxy groups -OCH3 is 1. The Hall–Kier alpha value is -3.12. The van der Waals surface area contributed by atoms with Crippen LogP contribution in [0.1, 0.15) is 33.4 Å². The van der Waals surface area contributed by atoms with Gasteiger partial charge in [0.05, 0.1) is 23.3 Å². The Labute approximate surface area is 181 Å². The van der Waals surface area contributed by atoms with Crippen molar-refractivity contribution in [3.63, 3.8) is 0 Å². The highest BCUT2D eigenvalue weighted by Crippen LogP contribution is 2.42. The van der Waals surface area contributed by atoms with Crippen molar-refractivity contribution in [1.82, 2.24) is 14.5 Å². The molecule has 2 aromatic rings. The Balaban J connectivity index is 2.27. The van der Waals surface area contributed by atoms with Gasteiger partial charge in [0.1, 0.15) is 17.3 Å². The molecule has 1 aliphatic rings. The molecule has 0 radical (unpaired) electrons. The maximum absolute atomic E-state index is 12.7. The number of hydrogen-bond donors (Lipinski definition) is 1. The molecule has 9 nitrogen and oxygen atoms in total. The molecule has 1 fully saturated rings. The molecule has 0 spiro atoms. The second kappa shape index (κ2) is 7.85. The SMILES string of the molecule is COC[C@]1(C(C)(C)C)CN(c2cc(=O)n(C)c3ccc(C#N)nc23)[C@@H](C)CN1C(=O)O. The van der Waals surface area contributed by atoms with E-state index in [4.69, 9.17) is 4.74 Å². The fraction of sp³-hybridized carbons (Fsp3) is 0.545. The van der Waals surface area contributed by atoms with Gasteiger partial charge in [0.2, 0.25) is 0 Å². The van der Waals surface area contributed by atoms with E-state index in [1.165, 1.54) is 15.5 Å². The Kier molecular flexibility index (Phi) is 5.72. The van der Waals surface area contributed by atoms with Crippen LogP contribution in [-0.4, -0.2) is 64.0 Å². The quantitative estimate of drug-likeness (QED) is 0.801. The molecule has 1 amide bonds. The van der Waals surface area contributed by atoms with E-state index in [2.05, 4.69) is 11.1 Å². The first kappa shape index (κ1) is 22.6. The maximum atomic E-state index is 12.7. The van der Waals surface area contributed by atoms with Crippen molar-refractivity contribution in [3.8, 4) is 6.07 Å². The van der Waals surface area contributed by atoms with E-state index in [9.17, 15) is 20.0 Å². The molecule has 0 aromatic carbocycles. The molecule has 0 saturated carbocycles. The minimum atomic E-state index is -1.00. The zero-order chi connectivity index (χ0) is 23.1. The van der Waals surface area contributed by atoms with Gasteiger partial charge in [0.15, 0.2) is 0 Å². The number of carboxylic acid groups (broad SMARTS) is 1. The normalized spacial score (nSPS) is 21.9. The first-order valence-corrected chi connectivity index (χ1v) is 10.1. The van der Waals surface area contributed by atoms with E-state index in [1.807, 2.05) is 32.6 Å².